The Bertz CT molecular complexity index is 669. The lowest BCUT2D eigenvalue weighted by Gasteiger charge is -2.37. The summed E-state index contributed by atoms with van der Waals surface area (Å²) in [5.41, 5.74) is -0.426. The van der Waals surface area contributed by atoms with Crippen LogP contribution < -0.4 is 10.6 Å². The first-order valence-electron chi connectivity index (χ1n) is 9.30. The number of carbonyl (C=O) groups excluding carboxylic acids is 2. The highest BCUT2D eigenvalue weighted by Gasteiger charge is 2.30. The van der Waals surface area contributed by atoms with Gasteiger partial charge in [0.15, 0.2) is 0 Å². The van der Waals surface area contributed by atoms with Crippen LogP contribution in [-0.4, -0.2) is 66.4 Å². The quantitative estimate of drug-likeness (QED) is 0.768. The normalized spacial score (nSPS) is 17.4. The van der Waals surface area contributed by atoms with Crippen molar-refractivity contribution in [3.8, 4) is 0 Å². The maximum atomic E-state index is 12.6. The minimum atomic E-state index is -4.40. The van der Waals surface area contributed by atoms with Crippen molar-refractivity contribution < 1.29 is 22.8 Å². The minimum absolute atomic E-state index is 0.0171. The fourth-order valence-corrected chi connectivity index (χ4v) is 3.03. The number of hydrogen-bond donors (Lipinski definition) is 2. The molecule has 1 heterocycles. The molecule has 2 amide bonds. The number of benzene rings is 1. The van der Waals surface area contributed by atoms with Crippen LogP contribution in [0.1, 0.15) is 26.3 Å². The smallest absolute Gasteiger partial charge is 0.353 e. The zero-order chi connectivity index (χ0) is 20.9. The number of hydrogen-bond acceptors (Lipinski definition) is 4. The number of alkyl halides is 3. The number of amides is 2. The summed E-state index contributed by atoms with van der Waals surface area (Å²) >= 11 is 0. The number of rotatable bonds is 6. The number of carbonyl (C=O) groups is 2. The van der Waals surface area contributed by atoms with Gasteiger partial charge in [0, 0.05) is 37.9 Å². The third kappa shape index (κ3) is 6.49. The van der Waals surface area contributed by atoms with Crippen LogP contribution >= 0.6 is 0 Å². The molecule has 0 radical (unpaired) electrons. The Morgan fingerprint density at radius 2 is 1.61 bits per heavy atom. The maximum absolute atomic E-state index is 12.6. The van der Waals surface area contributed by atoms with Gasteiger partial charge in [0.1, 0.15) is 0 Å². The van der Waals surface area contributed by atoms with Crippen molar-refractivity contribution in [3.63, 3.8) is 0 Å². The van der Waals surface area contributed by atoms with Crippen molar-refractivity contribution in [2.24, 2.45) is 0 Å². The highest BCUT2D eigenvalue weighted by molar-refractivity contribution is 5.94. The standard InChI is InChI=1S/C19H27F3N4O2/c1-13(2)23-17(27)12-25-8-10-26(11-9-25)14(3)18(28)24-16-6-4-15(5-7-16)19(20,21)22/h4-7,13-14H,8-12H2,1-3H3,(H,23,27)(H,24,28)/t14-/m0/s1. The third-order valence-corrected chi connectivity index (χ3v) is 4.63. The van der Waals surface area contributed by atoms with Crippen LogP contribution in [-0.2, 0) is 15.8 Å². The van der Waals surface area contributed by atoms with E-state index in [1.165, 1.54) is 12.1 Å². The molecule has 1 atom stereocenters. The molecule has 2 N–H and O–H groups in total. The molecule has 1 aliphatic rings. The van der Waals surface area contributed by atoms with Crippen LogP contribution in [0.2, 0.25) is 0 Å². The summed E-state index contributed by atoms with van der Waals surface area (Å²) in [6, 6.07) is 4.07. The van der Waals surface area contributed by atoms with Crippen molar-refractivity contribution >= 4 is 17.5 Å². The highest BCUT2D eigenvalue weighted by Crippen LogP contribution is 2.29. The Balaban J connectivity index is 1.82. The zero-order valence-corrected chi connectivity index (χ0v) is 16.3. The predicted octanol–water partition coefficient (Wildman–Crippen LogP) is 2.17. The van der Waals surface area contributed by atoms with E-state index in [-0.39, 0.29) is 17.9 Å². The molecule has 0 aromatic heterocycles. The Labute approximate surface area is 163 Å². The first kappa shape index (κ1) is 22.2. The van der Waals surface area contributed by atoms with Crippen molar-refractivity contribution in [3.05, 3.63) is 29.8 Å². The second kappa shape index (κ2) is 9.38. The van der Waals surface area contributed by atoms with Gasteiger partial charge in [-0.2, -0.15) is 13.2 Å². The van der Waals surface area contributed by atoms with Gasteiger partial charge >= 0.3 is 6.18 Å². The molecule has 6 nitrogen and oxygen atoms in total. The lowest BCUT2D eigenvalue weighted by molar-refractivity contribution is -0.137. The van der Waals surface area contributed by atoms with Gasteiger partial charge < -0.3 is 10.6 Å². The van der Waals surface area contributed by atoms with Gasteiger partial charge in [-0.3, -0.25) is 19.4 Å². The van der Waals surface area contributed by atoms with Crippen molar-refractivity contribution in [2.45, 2.75) is 39.0 Å². The van der Waals surface area contributed by atoms with Gasteiger partial charge in [-0.1, -0.05) is 0 Å². The van der Waals surface area contributed by atoms with Gasteiger partial charge in [-0.15, -0.1) is 0 Å². The van der Waals surface area contributed by atoms with E-state index in [9.17, 15) is 22.8 Å². The van der Waals surface area contributed by atoms with Crippen molar-refractivity contribution in [1.29, 1.82) is 0 Å². The molecule has 28 heavy (non-hydrogen) atoms. The molecule has 0 aliphatic carbocycles. The average Bonchev–Trinajstić information content (AvgIpc) is 2.60. The molecule has 1 saturated heterocycles. The molecule has 1 aromatic rings. The molecule has 0 saturated carbocycles. The van der Waals surface area contributed by atoms with E-state index in [0.29, 0.717) is 38.4 Å². The van der Waals surface area contributed by atoms with E-state index >= 15 is 0 Å². The fourth-order valence-electron chi connectivity index (χ4n) is 3.03. The van der Waals surface area contributed by atoms with Crippen LogP contribution in [0.5, 0.6) is 0 Å². The predicted molar refractivity (Wildman–Crippen MR) is 101 cm³/mol. The van der Waals surface area contributed by atoms with Crippen LogP contribution in [0.15, 0.2) is 24.3 Å². The topological polar surface area (TPSA) is 64.7 Å². The molecule has 9 heteroatoms. The molecular formula is C19H27F3N4O2. The molecule has 1 aromatic carbocycles. The maximum Gasteiger partial charge on any atom is 0.416 e. The van der Waals surface area contributed by atoms with Gasteiger partial charge in [0.05, 0.1) is 18.2 Å². The van der Waals surface area contributed by atoms with Crippen molar-refractivity contribution in [1.82, 2.24) is 15.1 Å². The lowest BCUT2D eigenvalue weighted by Crippen LogP contribution is -2.54. The molecular weight excluding hydrogens is 373 g/mol. The van der Waals surface area contributed by atoms with Crippen LogP contribution in [0.4, 0.5) is 18.9 Å². The van der Waals surface area contributed by atoms with Crippen LogP contribution in [0, 0.1) is 0 Å². The van der Waals surface area contributed by atoms with E-state index in [1.54, 1.807) is 6.92 Å². The second-order valence-electron chi connectivity index (χ2n) is 7.27. The molecule has 1 aliphatic heterocycles. The fraction of sp³-hybridized carbons (Fsp3) is 0.579. The van der Waals surface area contributed by atoms with E-state index in [0.717, 1.165) is 12.1 Å². The van der Waals surface area contributed by atoms with Gasteiger partial charge in [-0.05, 0) is 45.0 Å². The van der Waals surface area contributed by atoms with E-state index in [1.807, 2.05) is 23.6 Å². The number of nitrogens with one attached hydrogen (secondary N) is 2. The first-order chi connectivity index (χ1) is 13.1. The molecule has 1 fully saturated rings. The number of nitrogens with zero attached hydrogens (tertiary/aromatic N) is 2. The Kier molecular flexibility index (Phi) is 7.42. The van der Waals surface area contributed by atoms with E-state index in [4.69, 9.17) is 0 Å². The number of anilines is 1. The zero-order valence-electron chi connectivity index (χ0n) is 16.3. The molecule has 0 bridgehead atoms. The van der Waals surface area contributed by atoms with Gasteiger partial charge in [-0.25, -0.2) is 0 Å². The summed E-state index contributed by atoms with van der Waals surface area (Å²) in [6.07, 6.45) is -4.40. The van der Waals surface area contributed by atoms with E-state index in [2.05, 4.69) is 10.6 Å². The number of piperazine rings is 1. The Morgan fingerprint density at radius 1 is 1.04 bits per heavy atom. The first-order valence-corrected chi connectivity index (χ1v) is 9.30. The molecule has 0 unspecified atom stereocenters. The third-order valence-electron chi connectivity index (χ3n) is 4.63. The summed E-state index contributed by atoms with van der Waals surface area (Å²) in [5.74, 6) is -0.290. The number of halogens is 3. The van der Waals surface area contributed by atoms with E-state index < -0.39 is 17.8 Å². The largest absolute Gasteiger partial charge is 0.416 e. The minimum Gasteiger partial charge on any atom is -0.353 e. The van der Waals surface area contributed by atoms with Crippen LogP contribution in [0.25, 0.3) is 0 Å². The average molecular weight is 400 g/mol. The molecule has 2 rings (SSSR count). The lowest BCUT2D eigenvalue weighted by atomic mass is 10.1. The van der Waals surface area contributed by atoms with Crippen LogP contribution in [0.3, 0.4) is 0 Å². The summed E-state index contributed by atoms with van der Waals surface area (Å²) in [5, 5.41) is 5.51. The second-order valence-corrected chi connectivity index (χ2v) is 7.27. The SMILES string of the molecule is CC(C)NC(=O)CN1CCN([C@@H](C)C(=O)Nc2ccc(C(F)(F)F)cc2)CC1. The van der Waals surface area contributed by atoms with Gasteiger partial charge in [0.25, 0.3) is 0 Å². The monoisotopic (exact) mass is 400 g/mol. The Morgan fingerprint density at radius 3 is 2.11 bits per heavy atom. The molecule has 0 spiro atoms. The summed E-state index contributed by atoms with van der Waals surface area (Å²) in [4.78, 5) is 28.3. The van der Waals surface area contributed by atoms with Gasteiger partial charge in [0.2, 0.25) is 11.8 Å². The van der Waals surface area contributed by atoms with Crippen molar-refractivity contribution in [2.75, 3.05) is 38.0 Å². The molecule has 156 valence electrons. The summed E-state index contributed by atoms with van der Waals surface area (Å²) in [7, 11) is 0. The Hall–Kier alpha value is -2.13. The summed E-state index contributed by atoms with van der Waals surface area (Å²) < 4.78 is 37.8. The summed E-state index contributed by atoms with van der Waals surface area (Å²) in [6.45, 7) is 8.53. The highest BCUT2D eigenvalue weighted by atomic mass is 19.4.